The Morgan fingerprint density at radius 3 is 2.76 bits per heavy atom. The molecular formula is C23H22N2O3S. The molecule has 2 atom stereocenters. The Kier molecular flexibility index (Phi) is 4.32. The highest BCUT2D eigenvalue weighted by atomic mass is 32.1. The summed E-state index contributed by atoms with van der Waals surface area (Å²) in [4.78, 5) is 18.0. The van der Waals surface area contributed by atoms with Crippen LogP contribution in [0.25, 0.3) is 10.2 Å². The molecule has 5 nitrogen and oxygen atoms in total. The number of allylic oxidation sites excluding steroid dienone is 2. The summed E-state index contributed by atoms with van der Waals surface area (Å²) in [6.45, 7) is 3.73. The van der Waals surface area contributed by atoms with Crippen molar-refractivity contribution in [3.8, 4) is 11.5 Å². The summed E-state index contributed by atoms with van der Waals surface area (Å²) in [5.74, 6) is 0.612. The fourth-order valence-corrected chi connectivity index (χ4v) is 5.11. The number of carbonyl (C=O) groups excluding carboxylic acids is 1. The minimum Gasteiger partial charge on any atom is -0.449 e. The second-order valence-corrected chi connectivity index (χ2v) is 8.99. The van der Waals surface area contributed by atoms with E-state index in [1.165, 1.54) is 0 Å². The molecule has 2 aliphatic rings. The van der Waals surface area contributed by atoms with Crippen LogP contribution in [0.4, 0.5) is 5.69 Å². The molecule has 3 aromatic rings. The lowest BCUT2D eigenvalue weighted by atomic mass is 9.82. The van der Waals surface area contributed by atoms with Crippen LogP contribution in [-0.4, -0.2) is 16.7 Å². The summed E-state index contributed by atoms with van der Waals surface area (Å²) in [6.07, 6.45) is 5.79. The second kappa shape index (κ2) is 6.88. The van der Waals surface area contributed by atoms with E-state index in [9.17, 15) is 4.79 Å². The topological polar surface area (TPSA) is 60.5 Å². The number of hydrogen-bond acceptors (Lipinski definition) is 5. The van der Waals surface area contributed by atoms with E-state index in [-0.39, 0.29) is 17.7 Å². The summed E-state index contributed by atoms with van der Waals surface area (Å²) in [7, 11) is 0. The summed E-state index contributed by atoms with van der Waals surface area (Å²) in [5.41, 5.74) is 1.72. The molecule has 0 radical (unpaired) electrons. The highest BCUT2D eigenvalue weighted by molar-refractivity contribution is 7.18. The first-order valence-electron chi connectivity index (χ1n) is 9.82. The number of thiazole rings is 1. The van der Waals surface area contributed by atoms with Gasteiger partial charge in [0.15, 0.2) is 11.5 Å². The van der Waals surface area contributed by atoms with Crippen LogP contribution in [0.3, 0.4) is 0 Å². The molecular weight excluding hydrogens is 384 g/mol. The lowest BCUT2D eigenvalue weighted by Gasteiger charge is -2.26. The van der Waals surface area contributed by atoms with Crippen molar-refractivity contribution in [1.82, 2.24) is 4.98 Å². The van der Waals surface area contributed by atoms with Crippen LogP contribution >= 0.6 is 11.3 Å². The maximum atomic E-state index is 13.2. The molecule has 2 unspecified atom stereocenters. The predicted octanol–water partition coefficient (Wildman–Crippen LogP) is 5.49. The van der Waals surface area contributed by atoms with Crippen LogP contribution in [0.5, 0.6) is 11.5 Å². The number of ether oxygens (including phenoxy) is 2. The van der Waals surface area contributed by atoms with E-state index >= 15 is 0 Å². The van der Waals surface area contributed by atoms with Gasteiger partial charge in [-0.15, -0.1) is 11.3 Å². The molecule has 0 saturated carbocycles. The number of anilines is 1. The molecule has 2 aromatic carbocycles. The molecule has 0 spiro atoms. The molecule has 1 N–H and O–H groups in total. The first-order chi connectivity index (χ1) is 14.0. The molecule has 5 rings (SSSR count). The summed E-state index contributed by atoms with van der Waals surface area (Å²) in [6, 6.07) is 13.6. The van der Waals surface area contributed by atoms with Crippen molar-refractivity contribution in [2.24, 2.45) is 5.92 Å². The lowest BCUT2D eigenvalue weighted by Crippen LogP contribution is -2.29. The van der Waals surface area contributed by atoms with E-state index in [4.69, 9.17) is 14.5 Å². The molecule has 148 valence electrons. The van der Waals surface area contributed by atoms with E-state index < -0.39 is 5.79 Å². The Balaban J connectivity index is 1.38. The predicted molar refractivity (Wildman–Crippen MR) is 115 cm³/mol. The largest absolute Gasteiger partial charge is 0.449 e. The number of carbonyl (C=O) groups is 1. The van der Waals surface area contributed by atoms with Crippen molar-refractivity contribution in [2.75, 3.05) is 5.32 Å². The van der Waals surface area contributed by atoms with Gasteiger partial charge < -0.3 is 14.8 Å². The van der Waals surface area contributed by atoms with Gasteiger partial charge in [0.25, 0.3) is 0 Å². The van der Waals surface area contributed by atoms with E-state index in [1.54, 1.807) is 11.3 Å². The van der Waals surface area contributed by atoms with E-state index in [1.807, 2.05) is 50.2 Å². The quantitative estimate of drug-likeness (QED) is 0.584. The van der Waals surface area contributed by atoms with Crippen LogP contribution in [0, 0.1) is 5.92 Å². The summed E-state index contributed by atoms with van der Waals surface area (Å²) >= 11 is 1.69. The van der Waals surface area contributed by atoms with Crippen molar-refractivity contribution in [3.05, 3.63) is 59.6 Å². The highest BCUT2D eigenvalue weighted by Gasteiger charge is 2.34. The molecule has 0 bridgehead atoms. The number of nitrogens with one attached hydrogen (secondary N) is 1. The fraction of sp³-hybridized carbons (Fsp3) is 0.304. The minimum absolute atomic E-state index is 0.0109. The number of fused-ring (bicyclic) bond motifs is 2. The summed E-state index contributed by atoms with van der Waals surface area (Å²) in [5, 5.41) is 4.10. The van der Waals surface area contributed by atoms with Crippen molar-refractivity contribution < 1.29 is 14.3 Å². The number of benzene rings is 2. The molecule has 1 aliphatic carbocycles. The lowest BCUT2D eigenvalue weighted by molar-refractivity contribution is -0.120. The van der Waals surface area contributed by atoms with Gasteiger partial charge in [-0.25, -0.2) is 4.98 Å². The molecule has 2 heterocycles. The van der Waals surface area contributed by atoms with Crippen LogP contribution in [0.1, 0.15) is 37.6 Å². The first-order valence-corrected chi connectivity index (χ1v) is 10.6. The monoisotopic (exact) mass is 406 g/mol. The Morgan fingerprint density at radius 1 is 1.10 bits per heavy atom. The van der Waals surface area contributed by atoms with Crippen molar-refractivity contribution >= 4 is 33.1 Å². The SMILES string of the molecule is CC1(C)Oc2ccc(NC(=O)C3CC=CCC3c3nc4ccccc4s3)cc2O1. The van der Waals surface area contributed by atoms with Crippen molar-refractivity contribution in [1.29, 1.82) is 0 Å². The first kappa shape index (κ1) is 18.2. The Labute approximate surface area is 173 Å². The molecule has 1 aromatic heterocycles. The average molecular weight is 407 g/mol. The van der Waals surface area contributed by atoms with E-state index in [2.05, 4.69) is 23.5 Å². The van der Waals surface area contributed by atoms with Crippen LogP contribution < -0.4 is 14.8 Å². The molecule has 0 saturated heterocycles. The standard InChI is InChI=1S/C23H22N2O3S/c1-23(2)27-18-12-11-14(13-19(18)28-23)24-21(26)15-7-3-4-8-16(15)22-25-17-9-5-6-10-20(17)29-22/h3-6,9-13,15-16H,7-8H2,1-2H3,(H,24,26). The van der Waals surface area contributed by atoms with Crippen LogP contribution in [0.15, 0.2) is 54.6 Å². The number of aromatic nitrogens is 1. The highest BCUT2D eigenvalue weighted by Crippen LogP contribution is 2.42. The van der Waals surface area contributed by atoms with Gasteiger partial charge in [0, 0.05) is 31.5 Å². The minimum atomic E-state index is -0.683. The fourth-order valence-electron chi connectivity index (χ4n) is 3.96. The third kappa shape index (κ3) is 3.49. The number of nitrogens with zero attached hydrogens (tertiary/aromatic N) is 1. The van der Waals surface area contributed by atoms with Gasteiger partial charge in [-0.2, -0.15) is 0 Å². The Hall–Kier alpha value is -2.86. The van der Waals surface area contributed by atoms with Gasteiger partial charge >= 0.3 is 0 Å². The third-order valence-electron chi connectivity index (χ3n) is 5.32. The molecule has 1 amide bonds. The van der Waals surface area contributed by atoms with Gasteiger partial charge in [0.2, 0.25) is 11.7 Å². The van der Waals surface area contributed by atoms with E-state index in [0.717, 1.165) is 21.6 Å². The van der Waals surface area contributed by atoms with Gasteiger partial charge in [0.1, 0.15) is 0 Å². The van der Waals surface area contributed by atoms with Gasteiger partial charge in [-0.05, 0) is 37.1 Å². The normalized spacial score (nSPS) is 22.0. The van der Waals surface area contributed by atoms with Crippen molar-refractivity contribution in [2.45, 2.75) is 38.4 Å². The third-order valence-corrected chi connectivity index (χ3v) is 6.49. The molecule has 6 heteroatoms. The Morgan fingerprint density at radius 2 is 1.90 bits per heavy atom. The maximum absolute atomic E-state index is 13.2. The zero-order valence-electron chi connectivity index (χ0n) is 16.3. The molecule has 1 aliphatic heterocycles. The number of rotatable bonds is 3. The van der Waals surface area contributed by atoms with Gasteiger partial charge in [-0.3, -0.25) is 4.79 Å². The summed E-state index contributed by atoms with van der Waals surface area (Å²) < 4.78 is 12.7. The zero-order valence-corrected chi connectivity index (χ0v) is 17.2. The van der Waals surface area contributed by atoms with Gasteiger partial charge in [0.05, 0.1) is 21.1 Å². The van der Waals surface area contributed by atoms with Crippen LogP contribution in [0.2, 0.25) is 0 Å². The van der Waals surface area contributed by atoms with Crippen LogP contribution in [-0.2, 0) is 4.79 Å². The second-order valence-electron chi connectivity index (χ2n) is 7.93. The smallest absolute Gasteiger partial charge is 0.246 e. The van der Waals surface area contributed by atoms with E-state index in [0.29, 0.717) is 23.6 Å². The molecule has 29 heavy (non-hydrogen) atoms. The average Bonchev–Trinajstić information content (AvgIpc) is 3.26. The van der Waals surface area contributed by atoms with Gasteiger partial charge in [-0.1, -0.05) is 24.3 Å². The molecule has 0 fully saturated rings. The zero-order chi connectivity index (χ0) is 20.0. The number of para-hydroxylation sites is 1. The Bertz CT molecular complexity index is 1090. The maximum Gasteiger partial charge on any atom is 0.246 e. The van der Waals surface area contributed by atoms with Crippen molar-refractivity contribution in [3.63, 3.8) is 0 Å². The number of hydrogen-bond donors (Lipinski definition) is 1. The number of amides is 1.